The molecule has 0 unspecified atom stereocenters. The van der Waals surface area contributed by atoms with Gasteiger partial charge in [0, 0.05) is 34.0 Å². The van der Waals surface area contributed by atoms with Crippen LogP contribution >= 0.6 is 11.6 Å². The summed E-state index contributed by atoms with van der Waals surface area (Å²) in [6.07, 6.45) is 3.86. The van der Waals surface area contributed by atoms with Crippen LogP contribution in [0.15, 0.2) is 18.3 Å². The molecule has 132 valence electrons. The molecule has 0 saturated heterocycles. The first-order valence-corrected chi connectivity index (χ1v) is 8.88. The number of halogens is 1. The van der Waals surface area contributed by atoms with Crippen LogP contribution in [-0.2, 0) is 11.3 Å². The molecule has 1 aliphatic heterocycles. The van der Waals surface area contributed by atoms with Crippen molar-refractivity contribution in [2.45, 2.75) is 46.3 Å². The van der Waals surface area contributed by atoms with Crippen LogP contribution in [0.3, 0.4) is 0 Å². The van der Waals surface area contributed by atoms with Crippen LogP contribution in [0.1, 0.15) is 37.8 Å². The van der Waals surface area contributed by atoms with E-state index in [9.17, 15) is 5.02 Å². The molecule has 0 bridgehead atoms. The van der Waals surface area contributed by atoms with Gasteiger partial charge in [-0.1, -0.05) is 25.4 Å². The van der Waals surface area contributed by atoms with Gasteiger partial charge in [-0.15, -0.1) is 0 Å². The monoisotopic (exact) mass is 360 g/mol. The van der Waals surface area contributed by atoms with Crippen LogP contribution in [0.2, 0.25) is 5.02 Å². The van der Waals surface area contributed by atoms with Gasteiger partial charge in [0.1, 0.15) is 5.82 Å². The SMILES string of the molecule is CCC(CC)Nc1nc(Nc2cc(Cl)c3c(c2)COB3O)ncc1C. The molecular weight excluding hydrogens is 338 g/mol. The van der Waals surface area contributed by atoms with E-state index in [2.05, 4.69) is 34.4 Å². The lowest BCUT2D eigenvalue weighted by Crippen LogP contribution is -2.29. The van der Waals surface area contributed by atoms with Gasteiger partial charge in [-0.05, 0) is 37.5 Å². The standard InChI is InChI=1S/C17H22BClN4O2/c1-4-12(5-2)21-16-10(3)8-20-17(23-16)22-13-6-11-9-25-18(24)15(11)14(19)7-13/h6-8,12,24H,4-5,9H2,1-3H3,(H2,20,21,22,23). The Hall–Kier alpha value is -1.83. The maximum atomic E-state index is 9.78. The number of aromatic nitrogens is 2. The summed E-state index contributed by atoms with van der Waals surface area (Å²) in [4.78, 5) is 8.93. The molecule has 0 fully saturated rings. The van der Waals surface area contributed by atoms with E-state index in [1.54, 1.807) is 12.3 Å². The Kier molecular flexibility index (Phi) is 5.46. The summed E-state index contributed by atoms with van der Waals surface area (Å²) < 4.78 is 5.21. The van der Waals surface area contributed by atoms with E-state index < -0.39 is 7.12 Å². The Morgan fingerprint density at radius 2 is 2.12 bits per heavy atom. The van der Waals surface area contributed by atoms with Gasteiger partial charge in [-0.25, -0.2) is 4.98 Å². The van der Waals surface area contributed by atoms with Crippen molar-refractivity contribution in [1.29, 1.82) is 0 Å². The molecule has 1 aromatic carbocycles. The number of anilines is 3. The van der Waals surface area contributed by atoms with Crippen molar-refractivity contribution in [3.8, 4) is 0 Å². The zero-order valence-electron chi connectivity index (χ0n) is 14.6. The van der Waals surface area contributed by atoms with Crippen molar-refractivity contribution in [2.24, 2.45) is 0 Å². The van der Waals surface area contributed by atoms with Crippen molar-refractivity contribution >= 4 is 41.6 Å². The van der Waals surface area contributed by atoms with Crippen molar-refractivity contribution in [3.05, 3.63) is 34.5 Å². The molecule has 0 atom stereocenters. The van der Waals surface area contributed by atoms with Gasteiger partial charge in [0.15, 0.2) is 0 Å². The van der Waals surface area contributed by atoms with Gasteiger partial charge < -0.3 is 20.3 Å². The predicted molar refractivity (Wildman–Crippen MR) is 102 cm³/mol. The van der Waals surface area contributed by atoms with E-state index in [1.807, 2.05) is 13.0 Å². The van der Waals surface area contributed by atoms with Crippen molar-refractivity contribution in [1.82, 2.24) is 9.97 Å². The Morgan fingerprint density at radius 3 is 2.84 bits per heavy atom. The second kappa shape index (κ2) is 7.60. The van der Waals surface area contributed by atoms with Crippen LogP contribution in [0.5, 0.6) is 0 Å². The molecule has 1 aromatic heterocycles. The molecule has 0 aliphatic carbocycles. The fourth-order valence-electron chi connectivity index (χ4n) is 2.86. The Bertz CT molecular complexity index is 771. The van der Waals surface area contributed by atoms with Crippen molar-refractivity contribution in [3.63, 3.8) is 0 Å². The lowest BCUT2D eigenvalue weighted by atomic mass is 9.79. The maximum Gasteiger partial charge on any atom is 0.493 e. The highest BCUT2D eigenvalue weighted by Gasteiger charge is 2.30. The molecule has 3 N–H and O–H groups in total. The molecule has 2 heterocycles. The molecule has 25 heavy (non-hydrogen) atoms. The van der Waals surface area contributed by atoms with E-state index >= 15 is 0 Å². The molecular formula is C17H22BClN4O2. The summed E-state index contributed by atoms with van der Waals surface area (Å²) >= 11 is 6.27. The number of nitrogens with zero attached hydrogens (tertiary/aromatic N) is 2. The fourth-order valence-corrected chi connectivity index (χ4v) is 3.19. The maximum absolute atomic E-state index is 9.78. The minimum absolute atomic E-state index is 0.335. The molecule has 0 radical (unpaired) electrons. The molecule has 1 aliphatic rings. The van der Waals surface area contributed by atoms with Gasteiger partial charge in [-0.2, -0.15) is 4.98 Å². The van der Waals surface area contributed by atoms with E-state index in [-0.39, 0.29) is 0 Å². The summed E-state index contributed by atoms with van der Waals surface area (Å²) in [5, 5.41) is 16.9. The predicted octanol–water partition coefficient (Wildman–Crippen LogP) is 3.00. The van der Waals surface area contributed by atoms with Crippen LogP contribution in [0, 0.1) is 6.92 Å². The Balaban J connectivity index is 1.83. The molecule has 2 aromatic rings. The summed E-state index contributed by atoms with van der Waals surface area (Å²) in [6.45, 7) is 6.63. The number of aryl methyl sites for hydroxylation is 1. The zero-order chi connectivity index (χ0) is 18.0. The molecule has 3 rings (SSSR count). The molecule has 0 amide bonds. The number of fused-ring (bicyclic) bond motifs is 1. The summed E-state index contributed by atoms with van der Waals surface area (Å²) in [7, 11) is -0.956. The lowest BCUT2D eigenvalue weighted by Gasteiger charge is -2.17. The number of nitrogens with one attached hydrogen (secondary N) is 2. The van der Waals surface area contributed by atoms with E-state index in [1.165, 1.54) is 0 Å². The van der Waals surface area contributed by atoms with Gasteiger partial charge in [0.2, 0.25) is 5.95 Å². The van der Waals surface area contributed by atoms with Crippen molar-refractivity contribution in [2.75, 3.05) is 10.6 Å². The molecule has 0 saturated carbocycles. The van der Waals surface area contributed by atoms with Gasteiger partial charge in [0.05, 0.1) is 6.61 Å². The van der Waals surface area contributed by atoms with Crippen LogP contribution < -0.4 is 16.1 Å². The van der Waals surface area contributed by atoms with E-state index in [0.717, 1.165) is 35.5 Å². The third-order valence-electron chi connectivity index (χ3n) is 4.41. The smallest absolute Gasteiger partial charge is 0.423 e. The highest BCUT2D eigenvalue weighted by molar-refractivity contribution is 6.65. The lowest BCUT2D eigenvalue weighted by molar-refractivity contribution is 0.275. The first-order valence-electron chi connectivity index (χ1n) is 8.51. The average Bonchev–Trinajstić information content (AvgIpc) is 2.96. The minimum Gasteiger partial charge on any atom is -0.423 e. The van der Waals surface area contributed by atoms with E-state index in [4.69, 9.17) is 16.3 Å². The number of rotatable bonds is 6. The highest BCUT2D eigenvalue weighted by atomic mass is 35.5. The summed E-state index contributed by atoms with van der Waals surface area (Å²) in [6, 6.07) is 4.03. The third kappa shape index (κ3) is 3.89. The zero-order valence-corrected chi connectivity index (χ0v) is 15.4. The second-order valence-corrected chi connectivity index (χ2v) is 6.61. The first-order chi connectivity index (χ1) is 12.0. The molecule has 8 heteroatoms. The minimum atomic E-state index is -0.956. The number of hydrogen-bond acceptors (Lipinski definition) is 6. The topological polar surface area (TPSA) is 79.3 Å². The Labute approximate surface area is 153 Å². The molecule has 0 spiro atoms. The van der Waals surface area contributed by atoms with Crippen molar-refractivity contribution < 1.29 is 9.68 Å². The van der Waals surface area contributed by atoms with E-state index in [0.29, 0.717) is 29.1 Å². The van der Waals surface area contributed by atoms with Gasteiger partial charge >= 0.3 is 7.12 Å². The van der Waals surface area contributed by atoms with Gasteiger partial charge in [0.25, 0.3) is 0 Å². The summed E-state index contributed by atoms with van der Waals surface area (Å²) in [5.41, 5.74) is 3.26. The second-order valence-electron chi connectivity index (χ2n) is 6.20. The fraction of sp³-hybridized carbons (Fsp3) is 0.412. The third-order valence-corrected chi connectivity index (χ3v) is 4.73. The highest BCUT2D eigenvalue weighted by Crippen LogP contribution is 2.25. The quantitative estimate of drug-likeness (QED) is 0.687. The molecule has 6 nitrogen and oxygen atoms in total. The normalized spacial score (nSPS) is 13.3. The van der Waals surface area contributed by atoms with Crippen LogP contribution in [0.4, 0.5) is 17.5 Å². The Morgan fingerprint density at radius 1 is 1.36 bits per heavy atom. The van der Waals surface area contributed by atoms with Crippen LogP contribution in [0.25, 0.3) is 0 Å². The number of benzene rings is 1. The number of hydrogen-bond donors (Lipinski definition) is 3. The van der Waals surface area contributed by atoms with Crippen LogP contribution in [-0.4, -0.2) is 28.2 Å². The average molecular weight is 361 g/mol. The van der Waals surface area contributed by atoms with Gasteiger partial charge in [-0.3, -0.25) is 0 Å². The first kappa shape index (κ1) is 18.0. The largest absolute Gasteiger partial charge is 0.493 e. The summed E-state index contributed by atoms with van der Waals surface area (Å²) in [5.74, 6) is 1.33.